The molecule has 0 aromatic carbocycles. The van der Waals surface area contributed by atoms with Gasteiger partial charge in [-0.05, 0) is 122 Å². The first-order valence-electron chi connectivity index (χ1n) is 13.6. The van der Waals surface area contributed by atoms with Crippen LogP contribution in [0.2, 0.25) is 0 Å². The van der Waals surface area contributed by atoms with Crippen LogP contribution in [-0.2, 0) is 4.79 Å². The second-order valence-corrected chi connectivity index (χ2v) is 14.2. The van der Waals surface area contributed by atoms with Crippen LogP contribution in [0.15, 0.2) is 12.2 Å². The Bertz CT molecular complexity index is 792. The molecule has 0 aromatic rings. The van der Waals surface area contributed by atoms with Gasteiger partial charge in [0.25, 0.3) is 0 Å². The van der Waals surface area contributed by atoms with Gasteiger partial charge in [-0.1, -0.05) is 46.8 Å². The summed E-state index contributed by atoms with van der Waals surface area (Å²) in [5, 5.41) is 0. The van der Waals surface area contributed by atoms with E-state index in [9.17, 15) is 4.79 Å². The predicted octanol–water partition coefficient (Wildman–Crippen LogP) is 8.38. The number of hydrogen-bond acceptors (Lipinski definition) is 1. The fourth-order valence-corrected chi connectivity index (χ4v) is 10.4. The molecule has 0 heterocycles. The highest BCUT2D eigenvalue weighted by molar-refractivity contribution is 5.80. The Balaban J connectivity index is 1.36. The molecule has 5 saturated carbocycles. The number of Topliss-reactive ketones (excluding diaryl/α,β-unsaturated/α-hetero) is 1. The Kier molecular flexibility index (Phi) is 4.82. The highest BCUT2D eigenvalue weighted by atomic mass is 16.1. The van der Waals surface area contributed by atoms with E-state index in [1.807, 2.05) is 0 Å². The predicted molar refractivity (Wildman–Crippen MR) is 130 cm³/mol. The monoisotopic (exact) mass is 424 g/mol. The molecule has 0 aliphatic heterocycles. The number of ketones is 1. The average molecular weight is 425 g/mol. The molecule has 5 aliphatic rings. The first kappa shape index (κ1) is 22.2. The molecular formula is C30H48O. The Morgan fingerprint density at radius 1 is 1.06 bits per heavy atom. The van der Waals surface area contributed by atoms with Crippen molar-refractivity contribution in [2.75, 3.05) is 0 Å². The van der Waals surface area contributed by atoms with E-state index in [4.69, 9.17) is 0 Å². The molecule has 0 N–H and O–H groups in total. The number of fused-ring (bicyclic) bond motifs is 2. The largest absolute Gasteiger partial charge is 0.300 e. The minimum absolute atomic E-state index is 0.269. The molecular weight excluding hydrogens is 376 g/mol. The number of rotatable bonds is 5. The summed E-state index contributed by atoms with van der Waals surface area (Å²) in [4.78, 5) is 12.2. The minimum atomic E-state index is 0.269. The molecule has 0 radical (unpaired) electrons. The Morgan fingerprint density at radius 2 is 1.81 bits per heavy atom. The molecule has 5 aliphatic carbocycles. The average Bonchev–Trinajstić information content (AvgIpc) is 3.29. The van der Waals surface area contributed by atoms with E-state index in [1.54, 1.807) is 0 Å². The van der Waals surface area contributed by atoms with Crippen molar-refractivity contribution in [3.05, 3.63) is 12.2 Å². The van der Waals surface area contributed by atoms with Gasteiger partial charge in [0.1, 0.15) is 5.78 Å². The summed E-state index contributed by atoms with van der Waals surface area (Å²) >= 11 is 0. The fraction of sp³-hybridized carbons (Fsp3) is 0.900. The molecule has 8 atom stereocenters. The van der Waals surface area contributed by atoms with E-state index in [0.29, 0.717) is 27.4 Å². The van der Waals surface area contributed by atoms with Crippen LogP contribution in [0.25, 0.3) is 0 Å². The van der Waals surface area contributed by atoms with Gasteiger partial charge in [0, 0.05) is 12.8 Å². The van der Waals surface area contributed by atoms with Gasteiger partial charge in [0.15, 0.2) is 0 Å². The van der Waals surface area contributed by atoms with E-state index in [1.165, 1.54) is 69.8 Å². The topological polar surface area (TPSA) is 17.1 Å². The maximum atomic E-state index is 12.2. The van der Waals surface area contributed by atoms with Gasteiger partial charge in [-0.25, -0.2) is 0 Å². The van der Waals surface area contributed by atoms with Gasteiger partial charge in [0.05, 0.1) is 0 Å². The van der Waals surface area contributed by atoms with Crippen LogP contribution in [0, 0.1) is 50.7 Å². The summed E-state index contributed by atoms with van der Waals surface area (Å²) in [5.74, 6) is 3.92. The van der Waals surface area contributed by atoms with Gasteiger partial charge in [-0.3, -0.25) is 4.79 Å². The molecule has 5 fully saturated rings. The lowest BCUT2D eigenvalue weighted by molar-refractivity contribution is -0.139. The van der Waals surface area contributed by atoms with Crippen molar-refractivity contribution in [3.8, 4) is 0 Å². The van der Waals surface area contributed by atoms with Crippen molar-refractivity contribution >= 4 is 5.78 Å². The maximum absolute atomic E-state index is 12.2. The smallest absolute Gasteiger partial charge is 0.133 e. The first-order valence-corrected chi connectivity index (χ1v) is 13.6. The lowest BCUT2D eigenvalue weighted by Gasteiger charge is -2.61. The van der Waals surface area contributed by atoms with Gasteiger partial charge in [0.2, 0.25) is 0 Å². The van der Waals surface area contributed by atoms with Gasteiger partial charge >= 0.3 is 0 Å². The van der Waals surface area contributed by atoms with E-state index < -0.39 is 0 Å². The lowest BCUT2D eigenvalue weighted by atomic mass is 9.43. The second kappa shape index (κ2) is 6.73. The van der Waals surface area contributed by atoms with Crippen LogP contribution in [-0.4, -0.2) is 5.78 Å². The van der Waals surface area contributed by atoms with E-state index in [2.05, 4.69) is 48.1 Å². The standard InChI is InChI=1S/C30H48O/c1-20(2)26(4,5)13-10-21(3)24-12-14-28(7)25-9-8-22-18-23(31)11-15-29(22)19-30(25,29)17-16-27(24,28)6/h21-22,24-25H,1,8-19H2,2-7H3/t21-,22+,24-,25+,27-,28+,29-,30+/m1/s1. The van der Waals surface area contributed by atoms with E-state index >= 15 is 0 Å². The molecule has 31 heavy (non-hydrogen) atoms. The summed E-state index contributed by atoms with van der Waals surface area (Å²) in [6, 6.07) is 0. The Morgan fingerprint density at radius 3 is 2.52 bits per heavy atom. The fourth-order valence-electron chi connectivity index (χ4n) is 10.4. The van der Waals surface area contributed by atoms with Crippen LogP contribution in [0.4, 0.5) is 0 Å². The summed E-state index contributed by atoms with van der Waals surface area (Å²) in [6.45, 7) is 19.2. The van der Waals surface area contributed by atoms with Crippen LogP contribution in [0.5, 0.6) is 0 Å². The highest BCUT2D eigenvalue weighted by Crippen LogP contribution is 2.87. The Hall–Kier alpha value is -0.590. The Labute approximate surface area is 192 Å². The van der Waals surface area contributed by atoms with Crippen LogP contribution in [0.1, 0.15) is 119 Å². The molecule has 1 heteroatoms. The molecule has 174 valence electrons. The molecule has 0 unspecified atom stereocenters. The second-order valence-electron chi connectivity index (χ2n) is 14.2. The molecule has 2 spiro atoms. The maximum Gasteiger partial charge on any atom is 0.133 e. The quantitative estimate of drug-likeness (QED) is 0.405. The van der Waals surface area contributed by atoms with Crippen molar-refractivity contribution in [1.82, 2.24) is 0 Å². The van der Waals surface area contributed by atoms with Crippen molar-refractivity contribution in [2.24, 2.45) is 50.7 Å². The van der Waals surface area contributed by atoms with Gasteiger partial charge in [-0.15, -0.1) is 0 Å². The molecule has 0 bridgehead atoms. The molecule has 0 amide bonds. The van der Waals surface area contributed by atoms with Gasteiger partial charge < -0.3 is 0 Å². The zero-order chi connectivity index (χ0) is 22.4. The van der Waals surface area contributed by atoms with Crippen molar-refractivity contribution < 1.29 is 4.79 Å². The third-order valence-electron chi connectivity index (χ3n) is 13.1. The number of hydrogen-bond donors (Lipinski definition) is 0. The van der Waals surface area contributed by atoms with Crippen LogP contribution < -0.4 is 0 Å². The normalized spacial score (nSPS) is 49.5. The highest BCUT2D eigenvalue weighted by Gasteiger charge is 2.80. The minimum Gasteiger partial charge on any atom is -0.300 e. The van der Waals surface area contributed by atoms with Crippen molar-refractivity contribution in [1.29, 1.82) is 0 Å². The summed E-state index contributed by atoms with van der Waals surface area (Å²) < 4.78 is 0. The molecule has 0 aromatic heterocycles. The summed E-state index contributed by atoms with van der Waals surface area (Å²) in [7, 11) is 0. The SMILES string of the molecule is C=C(C)C(C)(C)CC[C@@H](C)[C@H]1CC[C@@]2(C)[C@@H]3CC[C@H]4CC(=O)CC[C@@]45C[C@@]35CC[C@]12C. The van der Waals surface area contributed by atoms with Crippen molar-refractivity contribution in [3.63, 3.8) is 0 Å². The number of carbonyl (C=O) groups is 1. The zero-order valence-electron chi connectivity index (χ0n) is 21.4. The third-order valence-corrected chi connectivity index (χ3v) is 13.1. The van der Waals surface area contributed by atoms with Crippen molar-refractivity contribution in [2.45, 2.75) is 119 Å². The zero-order valence-corrected chi connectivity index (χ0v) is 21.4. The molecule has 5 rings (SSSR count). The molecule has 1 nitrogen and oxygen atoms in total. The number of carbonyl (C=O) groups excluding carboxylic acids is 1. The van der Waals surface area contributed by atoms with E-state index in [0.717, 1.165) is 36.5 Å². The van der Waals surface area contributed by atoms with Crippen LogP contribution in [0.3, 0.4) is 0 Å². The lowest BCUT2D eigenvalue weighted by Crippen LogP contribution is -2.54. The van der Waals surface area contributed by atoms with E-state index in [-0.39, 0.29) is 5.41 Å². The summed E-state index contributed by atoms with van der Waals surface area (Å²) in [5.41, 5.74) is 3.82. The number of allylic oxidation sites excluding steroid dienone is 1. The van der Waals surface area contributed by atoms with Crippen LogP contribution >= 0.6 is 0 Å². The summed E-state index contributed by atoms with van der Waals surface area (Å²) in [6.07, 6.45) is 15.7. The third kappa shape index (κ3) is 2.76. The molecule has 0 saturated heterocycles. The first-order chi connectivity index (χ1) is 14.4. The van der Waals surface area contributed by atoms with Gasteiger partial charge in [-0.2, -0.15) is 0 Å².